The number of rotatable bonds is 4. The molecule has 18 heavy (non-hydrogen) atoms. The van der Waals surface area contributed by atoms with Crippen molar-refractivity contribution in [3.8, 4) is 0 Å². The zero-order chi connectivity index (χ0) is 13.0. The molecule has 1 saturated heterocycles. The van der Waals surface area contributed by atoms with Crippen LogP contribution in [0.1, 0.15) is 18.4 Å². The number of hydrogen-bond donors (Lipinski definition) is 3. The smallest absolute Gasteiger partial charge is 0.173 e. The zero-order valence-electron chi connectivity index (χ0n) is 10.0. The first kappa shape index (κ1) is 12.6. The van der Waals surface area contributed by atoms with Crippen LogP contribution in [-0.2, 0) is 0 Å². The lowest BCUT2D eigenvalue weighted by Gasteiger charge is -2.19. The second-order valence-electron chi connectivity index (χ2n) is 4.37. The quantitative estimate of drug-likeness (QED) is 0.295. The van der Waals surface area contributed by atoms with Crippen molar-refractivity contribution in [3.05, 3.63) is 17.8 Å². The molecular formula is C11H17N5O2. The van der Waals surface area contributed by atoms with Crippen molar-refractivity contribution in [3.63, 3.8) is 0 Å². The third-order valence-electron chi connectivity index (χ3n) is 3.21. The molecule has 1 aromatic rings. The zero-order valence-corrected chi connectivity index (χ0v) is 10.0. The number of aliphatic hydroxyl groups is 1. The van der Waals surface area contributed by atoms with Gasteiger partial charge in [-0.3, -0.25) is 0 Å². The van der Waals surface area contributed by atoms with Gasteiger partial charge in [-0.15, -0.1) is 5.10 Å². The van der Waals surface area contributed by atoms with Crippen LogP contribution in [-0.4, -0.2) is 46.0 Å². The molecule has 1 aliphatic heterocycles. The normalized spacial score (nSPS) is 20.4. The molecular weight excluding hydrogens is 234 g/mol. The van der Waals surface area contributed by atoms with Crippen molar-refractivity contribution in [1.29, 1.82) is 0 Å². The first-order valence-electron chi connectivity index (χ1n) is 5.91. The minimum Gasteiger partial charge on any atom is -0.409 e. The summed E-state index contributed by atoms with van der Waals surface area (Å²) in [4.78, 5) is 2.06. The van der Waals surface area contributed by atoms with E-state index in [-0.39, 0.29) is 12.4 Å². The Morgan fingerprint density at radius 1 is 1.61 bits per heavy atom. The molecule has 4 N–H and O–H groups in total. The lowest BCUT2D eigenvalue weighted by Crippen LogP contribution is -2.26. The van der Waals surface area contributed by atoms with Crippen LogP contribution in [0.2, 0.25) is 0 Å². The Morgan fingerprint density at radius 3 is 3.17 bits per heavy atom. The number of nitrogens with zero attached hydrogens (tertiary/aromatic N) is 4. The molecule has 0 aromatic carbocycles. The molecule has 1 fully saturated rings. The number of oxime groups is 1. The summed E-state index contributed by atoms with van der Waals surface area (Å²) in [5, 5.41) is 28.6. The molecule has 1 aliphatic rings. The van der Waals surface area contributed by atoms with E-state index in [4.69, 9.17) is 16.0 Å². The van der Waals surface area contributed by atoms with Crippen LogP contribution in [0.4, 0.5) is 5.82 Å². The van der Waals surface area contributed by atoms with E-state index in [0.29, 0.717) is 17.3 Å². The Bertz CT molecular complexity index is 437. The molecule has 2 rings (SSSR count). The van der Waals surface area contributed by atoms with Crippen molar-refractivity contribution in [2.24, 2.45) is 16.8 Å². The first-order chi connectivity index (χ1) is 8.76. The van der Waals surface area contributed by atoms with E-state index < -0.39 is 0 Å². The molecule has 0 radical (unpaired) electrons. The van der Waals surface area contributed by atoms with E-state index >= 15 is 0 Å². The molecule has 0 aliphatic carbocycles. The largest absolute Gasteiger partial charge is 0.409 e. The van der Waals surface area contributed by atoms with Gasteiger partial charge >= 0.3 is 0 Å². The summed E-state index contributed by atoms with van der Waals surface area (Å²) in [5.74, 6) is 1.12. The molecule has 0 spiro atoms. The first-order valence-corrected chi connectivity index (χ1v) is 5.91. The minimum absolute atomic E-state index is 0.0329. The molecule has 1 unspecified atom stereocenters. The molecule has 2 heterocycles. The van der Waals surface area contributed by atoms with E-state index in [1.807, 2.05) is 0 Å². The van der Waals surface area contributed by atoms with Gasteiger partial charge < -0.3 is 20.9 Å². The van der Waals surface area contributed by atoms with Gasteiger partial charge in [0.25, 0.3) is 0 Å². The number of anilines is 1. The molecule has 98 valence electrons. The highest BCUT2D eigenvalue weighted by molar-refractivity contribution is 6.01. The Morgan fingerprint density at radius 2 is 2.44 bits per heavy atom. The third kappa shape index (κ3) is 2.51. The number of amidine groups is 1. The monoisotopic (exact) mass is 251 g/mol. The van der Waals surface area contributed by atoms with Crippen LogP contribution in [0.15, 0.2) is 17.4 Å². The lowest BCUT2D eigenvalue weighted by atomic mass is 10.1. The van der Waals surface area contributed by atoms with E-state index in [9.17, 15) is 0 Å². The van der Waals surface area contributed by atoms with Gasteiger partial charge in [0.1, 0.15) is 0 Å². The third-order valence-corrected chi connectivity index (χ3v) is 3.21. The summed E-state index contributed by atoms with van der Waals surface area (Å²) >= 11 is 0. The van der Waals surface area contributed by atoms with Crippen LogP contribution >= 0.6 is 0 Å². The molecule has 7 heteroatoms. The van der Waals surface area contributed by atoms with Gasteiger partial charge in [0.05, 0.1) is 11.8 Å². The maximum absolute atomic E-state index is 8.95. The highest BCUT2D eigenvalue weighted by atomic mass is 16.4. The SMILES string of the molecule is N/C(=N/O)c1ccnnc1N1CCC(CCO)C1. The maximum atomic E-state index is 8.95. The summed E-state index contributed by atoms with van der Waals surface area (Å²) in [6.07, 6.45) is 3.31. The maximum Gasteiger partial charge on any atom is 0.173 e. The molecule has 1 atom stereocenters. The van der Waals surface area contributed by atoms with Crippen molar-refractivity contribution in [1.82, 2.24) is 10.2 Å². The summed E-state index contributed by atoms with van der Waals surface area (Å²) in [5.41, 5.74) is 6.20. The van der Waals surface area contributed by atoms with Gasteiger partial charge in [0, 0.05) is 19.7 Å². The van der Waals surface area contributed by atoms with Crippen LogP contribution in [0.5, 0.6) is 0 Å². The summed E-state index contributed by atoms with van der Waals surface area (Å²) in [6.45, 7) is 1.85. The Labute approximate surface area is 105 Å². The van der Waals surface area contributed by atoms with Gasteiger partial charge in [0.15, 0.2) is 11.7 Å². The molecule has 1 aromatic heterocycles. The van der Waals surface area contributed by atoms with Crippen LogP contribution in [0.3, 0.4) is 0 Å². The summed E-state index contributed by atoms with van der Waals surface area (Å²) < 4.78 is 0. The van der Waals surface area contributed by atoms with Crippen LogP contribution in [0, 0.1) is 5.92 Å². The fraction of sp³-hybridized carbons (Fsp3) is 0.545. The van der Waals surface area contributed by atoms with E-state index in [2.05, 4.69) is 20.3 Å². The minimum atomic E-state index is 0.0329. The van der Waals surface area contributed by atoms with Crippen molar-refractivity contribution >= 4 is 11.7 Å². The van der Waals surface area contributed by atoms with E-state index in [1.54, 1.807) is 6.07 Å². The van der Waals surface area contributed by atoms with Crippen molar-refractivity contribution in [2.45, 2.75) is 12.8 Å². The highest BCUT2D eigenvalue weighted by Gasteiger charge is 2.25. The Balaban J connectivity index is 2.19. The average molecular weight is 251 g/mol. The predicted molar refractivity (Wildman–Crippen MR) is 66.6 cm³/mol. The molecule has 0 amide bonds. The number of nitrogens with two attached hydrogens (primary N) is 1. The number of aromatic nitrogens is 2. The van der Waals surface area contributed by atoms with Gasteiger partial charge in [-0.25, -0.2) is 0 Å². The van der Waals surface area contributed by atoms with Gasteiger partial charge in [-0.2, -0.15) is 5.10 Å². The van der Waals surface area contributed by atoms with Crippen LogP contribution < -0.4 is 10.6 Å². The average Bonchev–Trinajstić information content (AvgIpc) is 2.87. The van der Waals surface area contributed by atoms with E-state index in [0.717, 1.165) is 25.9 Å². The standard InChI is InChI=1S/C11H17N5O2/c12-10(15-18)9-1-4-13-14-11(9)16-5-2-8(7-16)3-6-17/h1,4,8,17-18H,2-3,5-7H2,(H2,12,15). The Hall–Kier alpha value is -1.89. The lowest BCUT2D eigenvalue weighted by molar-refractivity contribution is 0.263. The topological polar surface area (TPSA) is 108 Å². The molecule has 0 saturated carbocycles. The second kappa shape index (κ2) is 5.63. The summed E-state index contributed by atoms with van der Waals surface area (Å²) in [6, 6.07) is 1.68. The van der Waals surface area contributed by atoms with Crippen LogP contribution in [0.25, 0.3) is 0 Å². The Kier molecular flexibility index (Phi) is 3.93. The number of hydrogen-bond acceptors (Lipinski definition) is 6. The van der Waals surface area contributed by atoms with Gasteiger partial charge in [0.2, 0.25) is 0 Å². The molecule has 0 bridgehead atoms. The van der Waals surface area contributed by atoms with Gasteiger partial charge in [-0.05, 0) is 24.8 Å². The van der Waals surface area contributed by atoms with Crippen molar-refractivity contribution < 1.29 is 10.3 Å². The fourth-order valence-electron chi connectivity index (χ4n) is 2.25. The van der Waals surface area contributed by atoms with E-state index in [1.165, 1.54) is 6.20 Å². The predicted octanol–water partition coefficient (Wildman–Crippen LogP) is -0.220. The summed E-state index contributed by atoms with van der Waals surface area (Å²) in [7, 11) is 0. The van der Waals surface area contributed by atoms with Crippen molar-refractivity contribution in [2.75, 3.05) is 24.6 Å². The second-order valence-corrected chi connectivity index (χ2v) is 4.37. The molecule has 7 nitrogen and oxygen atoms in total. The number of aliphatic hydroxyl groups excluding tert-OH is 1. The fourth-order valence-corrected chi connectivity index (χ4v) is 2.25. The van der Waals surface area contributed by atoms with Gasteiger partial charge in [-0.1, -0.05) is 5.16 Å². The highest BCUT2D eigenvalue weighted by Crippen LogP contribution is 2.25.